The van der Waals surface area contributed by atoms with Gasteiger partial charge in [-0.15, -0.1) is 11.3 Å². The molecule has 2 N–H and O–H groups in total. The fourth-order valence-corrected chi connectivity index (χ4v) is 2.58. The second-order valence-electron chi connectivity index (χ2n) is 4.68. The van der Waals surface area contributed by atoms with Crippen molar-refractivity contribution in [3.05, 3.63) is 70.5 Å². The molecule has 2 aromatic heterocycles. The summed E-state index contributed by atoms with van der Waals surface area (Å²) in [5.74, 6) is 0.314. The van der Waals surface area contributed by atoms with Crippen LogP contribution in [0.25, 0.3) is 0 Å². The van der Waals surface area contributed by atoms with Crippen LogP contribution in [0.4, 0.5) is 17.2 Å². The Hall–Kier alpha value is -3.17. The maximum Gasteiger partial charge on any atom is 0.266 e. The van der Waals surface area contributed by atoms with Crippen LogP contribution in [-0.2, 0) is 0 Å². The standard InChI is InChI=1S/C17H12N4OS/c18-10-12-3-1-4-13(9-12)20-14-6-7-16(19-11-14)21-17(22)15-5-2-8-23-15/h1-9,11,20H,(H,19,21,22). The molecular formula is C17H12N4OS. The smallest absolute Gasteiger partial charge is 0.266 e. The Labute approximate surface area is 137 Å². The molecule has 0 aliphatic rings. The van der Waals surface area contributed by atoms with Gasteiger partial charge in [0.2, 0.25) is 0 Å². The number of hydrogen-bond acceptors (Lipinski definition) is 5. The lowest BCUT2D eigenvalue weighted by molar-refractivity contribution is 0.103. The number of amides is 1. The zero-order chi connectivity index (χ0) is 16.1. The molecule has 0 fully saturated rings. The molecule has 112 valence electrons. The molecule has 0 unspecified atom stereocenters. The summed E-state index contributed by atoms with van der Waals surface area (Å²) in [6.45, 7) is 0. The first kappa shape index (κ1) is 14.8. The number of carbonyl (C=O) groups is 1. The van der Waals surface area contributed by atoms with E-state index < -0.39 is 0 Å². The fraction of sp³-hybridized carbons (Fsp3) is 0. The lowest BCUT2D eigenvalue weighted by Gasteiger charge is -2.07. The largest absolute Gasteiger partial charge is 0.354 e. The summed E-state index contributed by atoms with van der Waals surface area (Å²) in [6, 6.07) is 16.4. The predicted octanol–water partition coefficient (Wildman–Crippen LogP) is 4.01. The summed E-state index contributed by atoms with van der Waals surface area (Å²) in [6.07, 6.45) is 1.63. The number of carbonyl (C=O) groups excluding carboxylic acids is 1. The second kappa shape index (κ2) is 6.73. The monoisotopic (exact) mass is 320 g/mol. The van der Waals surface area contributed by atoms with Crippen LogP contribution in [0.2, 0.25) is 0 Å². The molecule has 2 heterocycles. The zero-order valence-electron chi connectivity index (χ0n) is 12.0. The average Bonchev–Trinajstić information content (AvgIpc) is 3.11. The third-order valence-electron chi connectivity index (χ3n) is 3.03. The average molecular weight is 320 g/mol. The molecule has 0 bridgehead atoms. The first-order chi connectivity index (χ1) is 11.2. The third-order valence-corrected chi connectivity index (χ3v) is 3.90. The maximum absolute atomic E-state index is 11.9. The molecule has 3 aromatic rings. The van der Waals surface area contributed by atoms with Crippen LogP contribution in [0.1, 0.15) is 15.2 Å². The summed E-state index contributed by atoms with van der Waals surface area (Å²) < 4.78 is 0. The van der Waals surface area contributed by atoms with Crippen molar-refractivity contribution in [2.24, 2.45) is 0 Å². The van der Waals surface area contributed by atoms with E-state index in [4.69, 9.17) is 5.26 Å². The molecule has 0 saturated carbocycles. The molecule has 3 rings (SSSR count). The number of nitrogens with zero attached hydrogens (tertiary/aromatic N) is 2. The Morgan fingerprint density at radius 1 is 1.13 bits per heavy atom. The molecule has 6 heteroatoms. The van der Waals surface area contributed by atoms with Crippen LogP contribution >= 0.6 is 11.3 Å². The Kier molecular flexibility index (Phi) is 4.32. The zero-order valence-corrected chi connectivity index (χ0v) is 12.8. The number of thiophene rings is 1. The quantitative estimate of drug-likeness (QED) is 0.761. The van der Waals surface area contributed by atoms with E-state index in [-0.39, 0.29) is 5.91 Å². The van der Waals surface area contributed by atoms with Crippen molar-refractivity contribution in [1.82, 2.24) is 4.98 Å². The first-order valence-corrected chi connectivity index (χ1v) is 7.71. The summed E-state index contributed by atoms with van der Waals surface area (Å²) >= 11 is 1.38. The van der Waals surface area contributed by atoms with Crippen LogP contribution in [0.3, 0.4) is 0 Å². The van der Waals surface area contributed by atoms with Crippen molar-refractivity contribution >= 4 is 34.4 Å². The van der Waals surface area contributed by atoms with E-state index >= 15 is 0 Å². The predicted molar refractivity (Wildman–Crippen MR) is 90.9 cm³/mol. The molecule has 0 radical (unpaired) electrons. The van der Waals surface area contributed by atoms with E-state index in [1.54, 1.807) is 30.5 Å². The van der Waals surface area contributed by atoms with E-state index in [0.29, 0.717) is 16.3 Å². The first-order valence-electron chi connectivity index (χ1n) is 6.83. The third kappa shape index (κ3) is 3.73. The van der Waals surface area contributed by atoms with Crippen LogP contribution in [0.15, 0.2) is 60.1 Å². The Bertz CT molecular complexity index is 851. The van der Waals surface area contributed by atoms with Gasteiger partial charge in [0.15, 0.2) is 0 Å². The van der Waals surface area contributed by atoms with E-state index in [9.17, 15) is 4.79 Å². The second-order valence-corrected chi connectivity index (χ2v) is 5.63. The van der Waals surface area contributed by atoms with Crippen molar-refractivity contribution in [2.45, 2.75) is 0 Å². The summed E-state index contributed by atoms with van der Waals surface area (Å²) in [5.41, 5.74) is 2.17. The number of pyridine rings is 1. The highest BCUT2D eigenvalue weighted by atomic mass is 32.1. The Balaban J connectivity index is 1.67. The lowest BCUT2D eigenvalue weighted by atomic mass is 10.2. The fourth-order valence-electron chi connectivity index (χ4n) is 1.96. The van der Waals surface area contributed by atoms with Gasteiger partial charge < -0.3 is 10.6 Å². The molecular weight excluding hydrogens is 308 g/mol. The lowest BCUT2D eigenvalue weighted by Crippen LogP contribution is -2.11. The van der Waals surface area contributed by atoms with Gasteiger partial charge in [-0.1, -0.05) is 12.1 Å². The maximum atomic E-state index is 11.9. The minimum absolute atomic E-state index is 0.171. The number of benzene rings is 1. The molecule has 0 saturated heterocycles. The minimum atomic E-state index is -0.171. The molecule has 0 spiro atoms. The minimum Gasteiger partial charge on any atom is -0.354 e. The number of rotatable bonds is 4. The highest BCUT2D eigenvalue weighted by Gasteiger charge is 2.07. The van der Waals surface area contributed by atoms with Gasteiger partial charge in [0.1, 0.15) is 5.82 Å². The number of aromatic nitrogens is 1. The molecule has 1 aromatic carbocycles. The highest BCUT2D eigenvalue weighted by Crippen LogP contribution is 2.18. The van der Waals surface area contributed by atoms with E-state index in [2.05, 4.69) is 21.7 Å². The van der Waals surface area contributed by atoms with Crippen molar-refractivity contribution < 1.29 is 4.79 Å². The van der Waals surface area contributed by atoms with Crippen LogP contribution in [-0.4, -0.2) is 10.9 Å². The van der Waals surface area contributed by atoms with E-state index in [1.807, 2.05) is 29.6 Å². The van der Waals surface area contributed by atoms with Crippen LogP contribution in [0, 0.1) is 11.3 Å². The Morgan fingerprint density at radius 3 is 2.74 bits per heavy atom. The van der Waals surface area contributed by atoms with Crippen molar-refractivity contribution in [3.63, 3.8) is 0 Å². The number of hydrogen-bond donors (Lipinski definition) is 2. The van der Waals surface area contributed by atoms with Gasteiger partial charge in [-0.3, -0.25) is 4.79 Å². The molecule has 0 aliphatic heterocycles. The van der Waals surface area contributed by atoms with Crippen molar-refractivity contribution in [2.75, 3.05) is 10.6 Å². The summed E-state index contributed by atoms with van der Waals surface area (Å²) in [4.78, 5) is 16.8. The summed E-state index contributed by atoms with van der Waals surface area (Å²) in [7, 11) is 0. The van der Waals surface area contributed by atoms with Crippen molar-refractivity contribution in [1.29, 1.82) is 5.26 Å². The Morgan fingerprint density at radius 2 is 2.04 bits per heavy atom. The molecule has 23 heavy (non-hydrogen) atoms. The highest BCUT2D eigenvalue weighted by molar-refractivity contribution is 7.12. The van der Waals surface area contributed by atoms with Crippen LogP contribution < -0.4 is 10.6 Å². The van der Waals surface area contributed by atoms with Crippen LogP contribution in [0.5, 0.6) is 0 Å². The van der Waals surface area contributed by atoms with E-state index in [0.717, 1.165) is 11.4 Å². The normalized spacial score (nSPS) is 9.87. The van der Waals surface area contributed by atoms with Crippen molar-refractivity contribution in [3.8, 4) is 6.07 Å². The van der Waals surface area contributed by atoms with Gasteiger partial charge in [-0.2, -0.15) is 5.26 Å². The molecule has 0 aliphatic carbocycles. The number of nitrogens with one attached hydrogen (secondary N) is 2. The SMILES string of the molecule is N#Cc1cccc(Nc2ccc(NC(=O)c3cccs3)nc2)c1. The van der Waals surface area contributed by atoms with Gasteiger partial charge in [0, 0.05) is 5.69 Å². The van der Waals surface area contributed by atoms with Gasteiger partial charge in [0.05, 0.1) is 28.4 Å². The molecule has 1 amide bonds. The number of nitriles is 1. The molecule has 0 atom stereocenters. The van der Waals surface area contributed by atoms with Gasteiger partial charge >= 0.3 is 0 Å². The topological polar surface area (TPSA) is 77.8 Å². The van der Waals surface area contributed by atoms with Gasteiger partial charge in [0.25, 0.3) is 5.91 Å². The van der Waals surface area contributed by atoms with Gasteiger partial charge in [-0.05, 0) is 41.8 Å². The molecule has 5 nitrogen and oxygen atoms in total. The van der Waals surface area contributed by atoms with E-state index in [1.165, 1.54) is 11.3 Å². The summed E-state index contributed by atoms with van der Waals surface area (Å²) in [5, 5.41) is 16.7. The van der Waals surface area contributed by atoms with Gasteiger partial charge in [-0.25, -0.2) is 4.98 Å². The number of anilines is 3.